The summed E-state index contributed by atoms with van der Waals surface area (Å²) >= 11 is 0. The number of rotatable bonds is 3. The number of nitrogens with one attached hydrogen (secondary N) is 1. The number of aromatic nitrogens is 3. The molecule has 7 nitrogen and oxygen atoms in total. The van der Waals surface area contributed by atoms with Crippen LogP contribution in [0, 0.1) is 5.92 Å². The SMILES string of the molecule is O=C([C@@H]1CCCN(C2CCN(c3ncnc4[nH]ccc34)CC2)C1)N1CCCC1. The Morgan fingerprint density at radius 3 is 2.64 bits per heavy atom. The minimum atomic E-state index is 0.214. The maximum Gasteiger partial charge on any atom is 0.226 e. The number of anilines is 1. The van der Waals surface area contributed by atoms with Gasteiger partial charge in [0.2, 0.25) is 5.91 Å². The van der Waals surface area contributed by atoms with Crippen molar-refractivity contribution in [1.82, 2.24) is 24.8 Å². The second-order valence-electron chi connectivity index (χ2n) is 8.52. The number of fused-ring (bicyclic) bond motifs is 1. The molecule has 1 N–H and O–H groups in total. The Morgan fingerprint density at radius 1 is 1.00 bits per heavy atom. The first-order valence-corrected chi connectivity index (χ1v) is 10.9. The number of amides is 1. The lowest BCUT2D eigenvalue weighted by Gasteiger charge is -2.42. The Labute approximate surface area is 166 Å². The summed E-state index contributed by atoms with van der Waals surface area (Å²) in [5, 5.41) is 1.11. The first-order chi connectivity index (χ1) is 13.8. The number of aromatic amines is 1. The molecular weight excluding hydrogens is 352 g/mol. The van der Waals surface area contributed by atoms with E-state index in [4.69, 9.17) is 0 Å². The Balaban J connectivity index is 1.20. The van der Waals surface area contributed by atoms with Crippen molar-refractivity contribution in [2.24, 2.45) is 5.92 Å². The predicted molar refractivity (Wildman–Crippen MR) is 109 cm³/mol. The van der Waals surface area contributed by atoms with Crippen molar-refractivity contribution in [2.45, 2.75) is 44.6 Å². The molecule has 3 aliphatic heterocycles. The first-order valence-electron chi connectivity index (χ1n) is 10.9. The fraction of sp³-hybridized carbons (Fsp3) is 0.667. The number of hydrogen-bond donors (Lipinski definition) is 1. The van der Waals surface area contributed by atoms with Gasteiger partial charge in [-0.05, 0) is 51.1 Å². The van der Waals surface area contributed by atoms with E-state index in [1.165, 1.54) is 12.8 Å². The topological polar surface area (TPSA) is 68.4 Å². The van der Waals surface area contributed by atoms with Gasteiger partial charge in [0.05, 0.1) is 11.3 Å². The fourth-order valence-electron chi connectivity index (χ4n) is 5.29. The van der Waals surface area contributed by atoms with Crippen LogP contribution >= 0.6 is 0 Å². The highest BCUT2D eigenvalue weighted by atomic mass is 16.2. The molecule has 1 amide bonds. The van der Waals surface area contributed by atoms with Gasteiger partial charge in [0, 0.05) is 45.0 Å². The van der Waals surface area contributed by atoms with Crippen LogP contribution in [0.15, 0.2) is 18.6 Å². The molecule has 5 heterocycles. The summed E-state index contributed by atoms with van der Waals surface area (Å²) in [4.78, 5) is 32.0. The summed E-state index contributed by atoms with van der Waals surface area (Å²) < 4.78 is 0. The molecular formula is C21H30N6O. The summed E-state index contributed by atoms with van der Waals surface area (Å²) in [7, 11) is 0. The molecule has 3 fully saturated rings. The molecule has 0 unspecified atom stereocenters. The van der Waals surface area contributed by atoms with Crippen molar-refractivity contribution in [2.75, 3.05) is 44.2 Å². The molecule has 0 spiro atoms. The first kappa shape index (κ1) is 17.9. The van der Waals surface area contributed by atoms with E-state index in [1.807, 2.05) is 6.20 Å². The van der Waals surface area contributed by atoms with Gasteiger partial charge in [-0.1, -0.05) is 0 Å². The third-order valence-corrected chi connectivity index (χ3v) is 6.83. The molecule has 0 aromatic carbocycles. The van der Waals surface area contributed by atoms with Gasteiger partial charge in [-0.25, -0.2) is 9.97 Å². The van der Waals surface area contributed by atoms with Crippen LogP contribution in [-0.4, -0.2) is 76.0 Å². The Bertz CT molecular complexity index is 821. The molecule has 1 atom stereocenters. The lowest BCUT2D eigenvalue weighted by atomic mass is 9.93. The van der Waals surface area contributed by atoms with Crippen molar-refractivity contribution in [1.29, 1.82) is 0 Å². The van der Waals surface area contributed by atoms with Crippen molar-refractivity contribution in [3.8, 4) is 0 Å². The Hall–Kier alpha value is -2.15. The van der Waals surface area contributed by atoms with Crippen LogP contribution in [-0.2, 0) is 4.79 Å². The van der Waals surface area contributed by atoms with Crippen LogP contribution in [0.5, 0.6) is 0 Å². The molecule has 0 aliphatic carbocycles. The van der Waals surface area contributed by atoms with Crippen molar-refractivity contribution in [3.63, 3.8) is 0 Å². The monoisotopic (exact) mass is 382 g/mol. The standard InChI is InChI=1S/C21H30N6O/c28-21(26-9-1-2-10-26)16-4-3-11-27(14-16)17-6-12-25(13-7-17)20-18-5-8-22-19(18)23-15-24-20/h5,8,15-17H,1-4,6-7,9-14H2,(H,22,23,24)/t16-/m1/s1. The van der Waals surface area contributed by atoms with Crippen molar-refractivity contribution in [3.05, 3.63) is 18.6 Å². The third-order valence-electron chi connectivity index (χ3n) is 6.83. The van der Waals surface area contributed by atoms with E-state index in [-0.39, 0.29) is 5.92 Å². The summed E-state index contributed by atoms with van der Waals surface area (Å²) in [6, 6.07) is 2.66. The zero-order chi connectivity index (χ0) is 18.9. The smallest absolute Gasteiger partial charge is 0.226 e. The second-order valence-corrected chi connectivity index (χ2v) is 8.52. The van der Waals surface area contributed by atoms with Gasteiger partial charge in [0.1, 0.15) is 17.8 Å². The number of H-pyrrole nitrogens is 1. The molecule has 7 heteroatoms. The lowest BCUT2D eigenvalue weighted by molar-refractivity contribution is -0.136. The molecule has 0 bridgehead atoms. The van der Waals surface area contributed by atoms with Gasteiger partial charge >= 0.3 is 0 Å². The van der Waals surface area contributed by atoms with Gasteiger partial charge in [0.15, 0.2) is 0 Å². The number of hydrogen-bond acceptors (Lipinski definition) is 5. The zero-order valence-corrected chi connectivity index (χ0v) is 16.5. The number of nitrogens with zero attached hydrogens (tertiary/aromatic N) is 5. The highest BCUT2D eigenvalue weighted by molar-refractivity contribution is 5.87. The van der Waals surface area contributed by atoms with Crippen LogP contribution in [0.3, 0.4) is 0 Å². The second kappa shape index (κ2) is 7.70. The number of carbonyl (C=O) groups is 1. The summed E-state index contributed by atoms with van der Waals surface area (Å²) in [6.45, 7) is 6.08. The molecule has 28 heavy (non-hydrogen) atoms. The van der Waals surface area contributed by atoms with E-state index < -0.39 is 0 Å². The highest BCUT2D eigenvalue weighted by Crippen LogP contribution is 2.29. The molecule has 2 aromatic rings. The summed E-state index contributed by atoms with van der Waals surface area (Å²) in [6.07, 6.45) is 10.4. The van der Waals surface area contributed by atoms with E-state index in [0.717, 1.165) is 81.8 Å². The maximum absolute atomic E-state index is 12.8. The molecule has 3 saturated heterocycles. The van der Waals surface area contributed by atoms with E-state index >= 15 is 0 Å². The average Bonchev–Trinajstić information content (AvgIpc) is 3.45. The summed E-state index contributed by atoms with van der Waals surface area (Å²) in [5.74, 6) is 1.67. The normalized spacial score (nSPS) is 24.9. The zero-order valence-electron chi connectivity index (χ0n) is 16.5. The Kier molecular flexibility index (Phi) is 4.93. The van der Waals surface area contributed by atoms with Crippen LogP contribution in [0.1, 0.15) is 38.5 Å². The van der Waals surface area contributed by atoms with Crippen LogP contribution in [0.4, 0.5) is 5.82 Å². The minimum absolute atomic E-state index is 0.214. The molecule has 0 radical (unpaired) electrons. The van der Waals surface area contributed by atoms with E-state index in [2.05, 4.69) is 35.7 Å². The minimum Gasteiger partial charge on any atom is -0.356 e. The van der Waals surface area contributed by atoms with Gasteiger partial charge < -0.3 is 14.8 Å². The van der Waals surface area contributed by atoms with E-state index in [0.29, 0.717) is 11.9 Å². The number of carbonyl (C=O) groups excluding carboxylic acids is 1. The molecule has 0 saturated carbocycles. The van der Waals surface area contributed by atoms with Crippen molar-refractivity contribution >= 4 is 22.8 Å². The summed E-state index contributed by atoms with van der Waals surface area (Å²) in [5.41, 5.74) is 0.909. The molecule has 3 aliphatic rings. The highest BCUT2D eigenvalue weighted by Gasteiger charge is 2.34. The molecule has 5 rings (SSSR count). The van der Waals surface area contributed by atoms with Gasteiger partial charge in [-0.3, -0.25) is 9.69 Å². The van der Waals surface area contributed by atoms with Crippen LogP contribution in [0.2, 0.25) is 0 Å². The van der Waals surface area contributed by atoms with Crippen molar-refractivity contribution < 1.29 is 4.79 Å². The van der Waals surface area contributed by atoms with E-state index in [9.17, 15) is 4.79 Å². The lowest BCUT2D eigenvalue weighted by Crippen LogP contribution is -2.51. The fourth-order valence-corrected chi connectivity index (χ4v) is 5.29. The maximum atomic E-state index is 12.8. The average molecular weight is 383 g/mol. The predicted octanol–water partition coefficient (Wildman–Crippen LogP) is 2.26. The van der Waals surface area contributed by atoms with Gasteiger partial charge in [-0.2, -0.15) is 0 Å². The molecule has 150 valence electrons. The third kappa shape index (κ3) is 3.36. The Morgan fingerprint density at radius 2 is 1.82 bits per heavy atom. The molecule has 2 aromatic heterocycles. The van der Waals surface area contributed by atoms with Crippen LogP contribution < -0.4 is 4.90 Å². The quantitative estimate of drug-likeness (QED) is 0.882. The van der Waals surface area contributed by atoms with E-state index in [1.54, 1.807) is 6.33 Å². The van der Waals surface area contributed by atoms with Gasteiger partial charge in [0.25, 0.3) is 0 Å². The number of likely N-dealkylation sites (tertiary alicyclic amines) is 2. The largest absolute Gasteiger partial charge is 0.356 e. The van der Waals surface area contributed by atoms with Crippen LogP contribution in [0.25, 0.3) is 11.0 Å². The number of piperidine rings is 2. The van der Waals surface area contributed by atoms with Gasteiger partial charge in [-0.15, -0.1) is 0 Å².